The summed E-state index contributed by atoms with van der Waals surface area (Å²) >= 11 is 7.39. The van der Waals surface area contributed by atoms with E-state index in [4.69, 9.17) is 11.6 Å². The molecule has 0 atom stereocenters. The molecule has 0 aliphatic carbocycles. The lowest BCUT2D eigenvalue weighted by molar-refractivity contribution is -0.384. The van der Waals surface area contributed by atoms with Gasteiger partial charge in [-0.1, -0.05) is 11.6 Å². The van der Waals surface area contributed by atoms with Crippen LogP contribution in [0.5, 0.6) is 0 Å². The van der Waals surface area contributed by atoms with Gasteiger partial charge >= 0.3 is 5.69 Å². The van der Waals surface area contributed by atoms with Crippen molar-refractivity contribution in [2.45, 2.75) is 26.8 Å². The van der Waals surface area contributed by atoms with Crippen LogP contribution in [-0.4, -0.2) is 21.2 Å². The molecule has 20 heavy (non-hydrogen) atoms. The summed E-state index contributed by atoms with van der Waals surface area (Å²) in [6.07, 6.45) is 0.766. The monoisotopic (exact) mass is 314 g/mol. The van der Waals surface area contributed by atoms with E-state index in [0.29, 0.717) is 24.6 Å². The fourth-order valence-corrected chi connectivity index (χ4v) is 3.07. The minimum atomic E-state index is -0.390. The molecule has 0 radical (unpaired) electrons. The third-order valence-electron chi connectivity index (χ3n) is 2.87. The second-order valence-corrected chi connectivity index (χ2v) is 6.04. The first-order chi connectivity index (χ1) is 9.52. The number of anilines is 1. The van der Waals surface area contributed by atoms with Crippen molar-refractivity contribution >= 4 is 34.4 Å². The van der Waals surface area contributed by atoms with Gasteiger partial charge in [0.15, 0.2) is 0 Å². The van der Waals surface area contributed by atoms with Gasteiger partial charge in [0.25, 0.3) is 0 Å². The van der Waals surface area contributed by atoms with Gasteiger partial charge in [-0.2, -0.15) is 5.10 Å². The fourth-order valence-electron chi connectivity index (χ4n) is 1.98. The van der Waals surface area contributed by atoms with Gasteiger partial charge in [-0.05, 0) is 32.4 Å². The minimum absolute atomic E-state index is 0.0519. The SMILES string of the molecule is CCn1nc(C)c([N+](=O)[O-])c1NCCc1ccc(Cl)s1. The van der Waals surface area contributed by atoms with Crippen molar-refractivity contribution in [3.8, 4) is 0 Å². The van der Waals surface area contributed by atoms with E-state index in [9.17, 15) is 10.1 Å². The third-order valence-corrected chi connectivity index (χ3v) is 4.16. The molecular weight excluding hydrogens is 300 g/mol. The summed E-state index contributed by atoms with van der Waals surface area (Å²) in [5.74, 6) is 0.470. The Bertz CT molecular complexity index is 623. The molecule has 0 aliphatic rings. The van der Waals surface area contributed by atoms with Gasteiger partial charge in [-0.15, -0.1) is 11.3 Å². The van der Waals surface area contributed by atoms with Crippen molar-refractivity contribution in [2.24, 2.45) is 0 Å². The number of hydrogen-bond donors (Lipinski definition) is 1. The zero-order chi connectivity index (χ0) is 14.7. The van der Waals surface area contributed by atoms with Crippen LogP contribution in [0.15, 0.2) is 12.1 Å². The number of nitro groups is 1. The van der Waals surface area contributed by atoms with Crippen LogP contribution in [0.2, 0.25) is 4.34 Å². The molecule has 0 spiro atoms. The van der Waals surface area contributed by atoms with Gasteiger partial charge in [0.1, 0.15) is 5.69 Å². The molecule has 108 valence electrons. The molecule has 0 amide bonds. The van der Waals surface area contributed by atoms with Crippen LogP contribution >= 0.6 is 22.9 Å². The first-order valence-electron chi connectivity index (χ1n) is 6.22. The molecule has 0 aliphatic heterocycles. The number of thiophene rings is 1. The number of aromatic nitrogens is 2. The summed E-state index contributed by atoms with van der Waals surface area (Å²) < 4.78 is 2.37. The number of nitrogens with zero attached hydrogens (tertiary/aromatic N) is 3. The maximum atomic E-state index is 11.1. The van der Waals surface area contributed by atoms with Crippen LogP contribution in [0, 0.1) is 17.0 Å². The molecule has 2 rings (SSSR count). The molecule has 2 aromatic heterocycles. The van der Waals surface area contributed by atoms with Gasteiger partial charge in [0.05, 0.1) is 9.26 Å². The molecule has 2 aromatic rings. The fraction of sp³-hybridized carbons (Fsp3) is 0.417. The summed E-state index contributed by atoms with van der Waals surface area (Å²) in [6.45, 7) is 4.74. The van der Waals surface area contributed by atoms with E-state index in [2.05, 4.69) is 10.4 Å². The standard InChI is InChI=1S/C12H15ClN4O2S/c1-3-16-12(11(17(18)19)8(2)15-16)14-7-6-9-4-5-10(13)20-9/h4-5,14H,3,6-7H2,1-2H3. The number of hydrogen-bond acceptors (Lipinski definition) is 5. The molecule has 0 fully saturated rings. The number of rotatable bonds is 6. The van der Waals surface area contributed by atoms with Gasteiger partial charge in [0.2, 0.25) is 5.82 Å². The van der Waals surface area contributed by atoms with Crippen LogP contribution in [0.25, 0.3) is 0 Å². The van der Waals surface area contributed by atoms with Gasteiger partial charge in [0, 0.05) is 18.0 Å². The molecule has 0 bridgehead atoms. The van der Waals surface area contributed by atoms with E-state index in [1.807, 2.05) is 19.1 Å². The highest BCUT2D eigenvalue weighted by molar-refractivity contribution is 7.16. The number of nitrogens with one attached hydrogen (secondary N) is 1. The highest BCUT2D eigenvalue weighted by Crippen LogP contribution is 2.28. The van der Waals surface area contributed by atoms with Gasteiger partial charge in [-0.25, -0.2) is 4.68 Å². The molecule has 1 N–H and O–H groups in total. The summed E-state index contributed by atoms with van der Waals surface area (Å²) in [5, 5.41) is 18.4. The Morgan fingerprint density at radius 2 is 2.30 bits per heavy atom. The number of aryl methyl sites for hydroxylation is 2. The summed E-state index contributed by atoms with van der Waals surface area (Å²) in [5.41, 5.74) is 0.481. The van der Waals surface area contributed by atoms with Crippen LogP contribution in [0.3, 0.4) is 0 Å². The lowest BCUT2D eigenvalue weighted by Gasteiger charge is -2.06. The smallest absolute Gasteiger partial charge is 0.333 e. The second-order valence-electron chi connectivity index (χ2n) is 4.24. The van der Waals surface area contributed by atoms with Crippen LogP contribution in [0.4, 0.5) is 11.5 Å². The van der Waals surface area contributed by atoms with E-state index in [1.54, 1.807) is 11.6 Å². The number of halogens is 1. The van der Waals surface area contributed by atoms with Crippen LogP contribution < -0.4 is 5.32 Å². The average molecular weight is 315 g/mol. The highest BCUT2D eigenvalue weighted by Gasteiger charge is 2.24. The Morgan fingerprint density at radius 3 is 2.85 bits per heavy atom. The summed E-state index contributed by atoms with van der Waals surface area (Å²) in [4.78, 5) is 11.9. The molecule has 0 saturated heterocycles. The summed E-state index contributed by atoms with van der Waals surface area (Å²) in [6, 6.07) is 3.82. The molecular formula is C12H15ClN4O2S. The van der Waals surface area contributed by atoms with Crippen molar-refractivity contribution in [2.75, 3.05) is 11.9 Å². The van der Waals surface area contributed by atoms with Gasteiger partial charge in [-0.3, -0.25) is 10.1 Å². The van der Waals surface area contributed by atoms with Crippen molar-refractivity contribution < 1.29 is 4.92 Å². The Labute approximate surface area is 125 Å². The topological polar surface area (TPSA) is 73.0 Å². The first kappa shape index (κ1) is 14.8. The molecule has 0 aromatic carbocycles. The van der Waals surface area contributed by atoms with E-state index in [1.165, 1.54) is 11.3 Å². The largest absolute Gasteiger partial charge is 0.364 e. The average Bonchev–Trinajstić information content (AvgIpc) is 2.93. The Kier molecular flexibility index (Phi) is 4.61. The quantitative estimate of drug-likeness (QED) is 0.654. The van der Waals surface area contributed by atoms with Crippen LogP contribution in [0.1, 0.15) is 17.5 Å². The van der Waals surface area contributed by atoms with E-state index in [0.717, 1.165) is 15.6 Å². The van der Waals surface area contributed by atoms with E-state index < -0.39 is 4.92 Å². The predicted molar refractivity (Wildman–Crippen MR) is 80.8 cm³/mol. The maximum Gasteiger partial charge on any atom is 0.333 e. The Morgan fingerprint density at radius 1 is 1.55 bits per heavy atom. The molecule has 0 saturated carbocycles. The lowest BCUT2D eigenvalue weighted by atomic mass is 10.3. The van der Waals surface area contributed by atoms with Gasteiger partial charge < -0.3 is 5.32 Å². The zero-order valence-corrected chi connectivity index (χ0v) is 12.8. The molecule has 6 nitrogen and oxygen atoms in total. The normalized spacial score (nSPS) is 10.8. The van der Waals surface area contributed by atoms with Crippen molar-refractivity contribution in [1.29, 1.82) is 0 Å². The van der Waals surface area contributed by atoms with Crippen LogP contribution in [-0.2, 0) is 13.0 Å². The van der Waals surface area contributed by atoms with E-state index >= 15 is 0 Å². The highest BCUT2D eigenvalue weighted by atomic mass is 35.5. The van der Waals surface area contributed by atoms with Crippen molar-refractivity contribution in [3.63, 3.8) is 0 Å². The molecule has 8 heteroatoms. The maximum absolute atomic E-state index is 11.1. The molecule has 2 heterocycles. The second kappa shape index (κ2) is 6.23. The van der Waals surface area contributed by atoms with Crippen molar-refractivity contribution in [1.82, 2.24) is 9.78 Å². The Balaban J connectivity index is 2.10. The Hall–Kier alpha value is -1.60. The third kappa shape index (κ3) is 3.10. The minimum Gasteiger partial charge on any atom is -0.364 e. The zero-order valence-electron chi connectivity index (χ0n) is 11.2. The predicted octanol–water partition coefficient (Wildman–Crippen LogP) is 3.49. The lowest BCUT2D eigenvalue weighted by Crippen LogP contribution is -2.11. The molecule has 0 unspecified atom stereocenters. The first-order valence-corrected chi connectivity index (χ1v) is 7.42. The summed E-state index contributed by atoms with van der Waals surface area (Å²) in [7, 11) is 0. The van der Waals surface area contributed by atoms with Crippen molar-refractivity contribution in [3.05, 3.63) is 37.2 Å². The van der Waals surface area contributed by atoms with E-state index in [-0.39, 0.29) is 5.69 Å².